The van der Waals surface area contributed by atoms with Gasteiger partial charge in [-0.25, -0.2) is 13.4 Å². The molecule has 2 aromatic heterocycles. The molecule has 0 bridgehead atoms. The van der Waals surface area contributed by atoms with E-state index in [2.05, 4.69) is 43.0 Å². The van der Waals surface area contributed by atoms with E-state index in [4.69, 9.17) is 10.5 Å². The summed E-state index contributed by atoms with van der Waals surface area (Å²) in [5, 5.41) is 5.44. The topological polar surface area (TPSA) is 238 Å². The molecule has 5 amide bonds. The van der Waals surface area contributed by atoms with Crippen molar-refractivity contribution in [1.29, 1.82) is 0 Å². The third kappa shape index (κ3) is 13.3. The van der Waals surface area contributed by atoms with Gasteiger partial charge >= 0.3 is 11.8 Å². The lowest BCUT2D eigenvalue weighted by Gasteiger charge is -2.26. The highest BCUT2D eigenvalue weighted by Crippen LogP contribution is 2.29. The van der Waals surface area contributed by atoms with Crippen LogP contribution in [0.15, 0.2) is 84.1 Å². The molecule has 5 rings (SSSR count). The molecule has 62 heavy (non-hydrogen) atoms. The molecule has 1 saturated heterocycles. The van der Waals surface area contributed by atoms with Gasteiger partial charge in [0, 0.05) is 43.6 Å². The van der Waals surface area contributed by atoms with Crippen molar-refractivity contribution < 1.29 is 41.7 Å². The summed E-state index contributed by atoms with van der Waals surface area (Å²) in [4.78, 5) is 71.3. The van der Waals surface area contributed by atoms with Gasteiger partial charge in [0.15, 0.2) is 12.4 Å². The number of hydrogen-bond acceptors (Lipinski definition) is 11. The van der Waals surface area contributed by atoms with Crippen molar-refractivity contribution in [3.8, 4) is 0 Å². The number of nitrogens with two attached hydrogens (primary N) is 1. The highest BCUT2D eigenvalue weighted by Gasteiger charge is 2.24. The van der Waals surface area contributed by atoms with E-state index in [0.29, 0.717) is 66.5 Å². The van der Waals surface area contributed by atoms with Gasteiger partial charge in [-0.05, 0) is 92.9 Å². The number of morpholine rings is 1. The van der Waals surface area contributed by atoms with E-state index in [1.165, 1.54) is 42.6 Å². The molecular formula is C43H55N10O8S+. The van der Waals surface area contributed by atoms with Crippen molar-refractivity contribution >= 4 is 62.3 Å². The van der Waals surface area contributed by atoms with E-state index in [-0.39, 0.29) is 28.7 Å². The van der Waals surface area contributed by atoms with Gasteiger partial charge in [-0.15, -0.1) is 0 Å². The third-order valence-electron chi connectivity index (χ3n) is 10.1. The number of rotatable bonds is 20. The average molecular weight is 872 g/mol. The lowest BCUT2D eigenvalue weighted by atomic mass is 10.1. The number of hydrazine groups is 1. The van der Waals surface area contributed by atoms with Gasteiger partial charge in [0.1, 0.15) is 11.3 Å². The van der Waals surface area contributed by atoms with Crippen LogP contribution >= 0.6 is 0 Å². The first kappa shape index (κ1) is 46.6. The maximum Gasteiger partial charge on any atom is 0.327 e. The number of carbonyl (C=O) groups excluding carboxylic acids is 5. The molecule has 4 aromatic rings. The molecule has 0 radical (unpaired) electrons. The number of unbranched alkanes of at least 4 members (excludes halogenated alkanes) is 3. The van der Waals surface area contributed by atoms with Gasteiger partial charge in [0.2, 0.25) is 6.54 Å². The Balaban J connectivity index is 1.17. The number of aromatic nitrogens is 2. The second-order valence-electron chi connectivity index (χ2n) is 14.8. The first-order chi connectivity index (χ1) is 29.7. The summed E-state index contributed by atoms with van der Waals surface area (Å²) < 4.78 is 36.7. The molecule has 0 saturated carbocycles. The largest absolute Gasteiger partial charge is 0.379 e. The Bertz CT molecular complexity index is 2320. The number of hydrogen-bond donors (Lipinski definition) is 6. The molecule has 2 aromatic carbocycles. The number of aryl methyl sites for hydroxylation is 1. The van der Waals surface area contributed by atoms with Gasteiger partial charge in [0.25, 0.3) is 27.7 Å². The number of ether oxygens (including phenoxy) is 1. The zero-order chi connectivity index (χ0) is 44.6. The predicted molar refractivity (Wildman–Crippen MR) is 234 cm³/mol. The number of nitrogens with one attached hydrogen (secondary N) is 5. The number of carbonyl (C=O) groups is 5. The van der Waals surface area contributed by atoms with E-state index in [9.17, 15) is 32.4 Å². The van der Waals surface area contributed by atoms with Crippen molar-refractivity contribution in [1.82, 2.24) is 20.6 Å². The Hall–Kier alpha value is -6.44. The fraction of sp³-hybridized carbons (Fsp3) is 0.372. The molecule has 1 aliphatic heterocycles. The van der Waals surface area contributed by atoms with Crippen LogP contribution in [0.5, 0.6) is 0 Å². The number of anilines is 4. The molecular weight excluding hydrogens is 817 g/mol. The quantitative estimate of drug-likeness (QED) is 0.0327. The van der Waals surface area contributed by atoms with E-state index >= 15 is 0 Å². The second-order valence-corrected chi connectivity index (χ2v) is 16.5. The number of primary amides is 1. The summed E-state index contributed by atoms with van der Waals surface area (Å²) in [6.07, 6.45) is 9.06. The Labute approximate surface area is 361 Å². The number of benzene rings is 2. The number of nitrogens with zero attached hydrogens (tertiary/aromatic N) is 4. The van der Waals surface area contributed by atoms with E-state index in [1.54, 1.807) is 60.0 Å². The summed E-state index contributed by atoms with van der Waals surface area (Å²) in [6, 6.07) is 15.5. The van der Waals surface area contributed by atoms with Crippen LogP contribution in [0.3, 0.4) is 0 Å². The molecule has 0 spiro atoms. The normalized spacial score (nSPS) is 12.8. The zero-order valence-electron chi connectivity index (χ0n) is 35.2. The minimum absolute atomic E-state index is 0.0542. The Morgan fingerprint density at radius 3 is 2.34 bits per heavy atom. The predicted octanol–water partition coefficient (Wildman–Crippen LogP) is 3.03. The number of sulfonamides is 1. The minimum atomic E-state index is -4.14. The summed E-state index contributed by atoms with van der Waals surface area (Å²) in [5.41, 5.74) is 13.2. The maximum atomic E-state index is 13.9. The van der Waals surface area contributed by atoms with Crippen LogP contribution in [0.1, 0.15) is 71.0 Å². The van der Waals surface area contributed by atoms with Crippen molar-refractivity contribution in [2.75, 3.05) is 66.3 Å². The van der Waals surface area contributed by atoms with Crippen LogP contribution in [-0.2, 0) is 35.7 Å². The summed E-state index contributed by atoms with van der Waals surface area (Å²) >= 11 is 0. The van der Waals surface area contributed by atoms with Crippen molar-refractivity contribution in [2.45, 2.75) is 64.3 Å². The first-order valence-electron chi connectivity index (χ1n) is 20.5. The van der Waals surface area contributed by atoms with E-state index in [0.717, 1.165) is 45.3 Å². The number of amides is 5. The van der Waals surface area contributed by atoms with Crippen LogP contribution in [0.2, 0.25) is 0 Å². The first-order valence-corrected chi connectivity index (χ1v) is 22.0. The molecule has 330 valence electrons. The monoisotopic (exact) mass is 871 g/mol. The van der Waals surface area contributed by atoms with Crippen molar-refractivity contribution in [3.63, 3.8) is 0 Å². The van der Waals surface area contributed by atoms with Crippen molar-refractivity contribution in [2.24, 2.45) is 5.73 Å². The lowest BCUT2D eigenvalue weighted by Crippen LogP contribution is -2.43. The van der Waals surface area contributed by atoms with Gasteiger partial charge in [0.05, 0.1) is 35.7 Å². The minimum Gasteiger partial charge on any atom is -0.379 e. The van der Waals surface area contributed by atoms with Gasteiger partial charge in [-0.1, -0.05) is 32.3 Å². The molecule has 19 heteroatoms. The van der Waals surface area contributed by atoms with Crippen LogP contribution in [0.25, 0.3) is 0 Å². The van der Waals surface area contributed by atoms with Crippen LogP contribution in [-0.4, -0.2) is 93.8 Å². The zero-order valence-corrected chi connectivity index (χ0v) is 36.1. The smallest absolute Gasteiger partial charge is 0.327 e. The van der Waals surface area contributed by atoms with Crippen LogP contribution in [0, 0.1) is 13.8 Å². The molecule has 7 N–H and O–H groups in total. The Morgan fingerprint density at radius 1 is 0.903 bits per heavy atom. The Morgan fingerprint density at radius 2 is 1.65 bits per heavy atom. The Kier molecular flexibility index (Phi) is 16.9. The van der Waals surface area contributed by atoms with E-state index < -0.39 is 33.7 Å². The third-order valence-corrected chi connectivity index (χ3v) is 11.6. The fourth-order valence-electron chi connectivity index (χ4n) is 6.72. The highest BCUT2D eigenvalue weighted by atomic mass is 32.2. The average Bonchev–Trinajstić information content (AvgIpc) is 3.26. The lowest BCUT2D eigenvalue weighted by molar-refractivity contribution is -0.684. The standard InChI is InChI=1S/C43H54N10O8S/c1-4-5-6-7-22-53(35-16-17-36(40(44)55)46-27-35)43(58)32-10-8-20-52(28-32)29-38(54)47-39-30(2)11-18-37(31(39)3)62(59,60)50-34-14-12-33(13-15-34)48-49-42(57)41(56)45-19-9-21-51-23-25-61-26-24-51/h8,10-18,20,27-28H,4-7,9,19,21-26,29H2,1-3H3,(H6-,44,45,46,47,48,49,50,54,55,56,57)/p+1. The van der Waals surface area contributed by atoms with Gasteiger partial charge in [-0.2, -0.15) is 4.57 Å². The summed E-state index contributed by atoms with van der Waals surface area (Å²) in [6.45, 7) is 9.88. The fourth-order valence-corrected chi connectivity index (χ4v) is 8.03. The van der Waals surface area contributed by atoms with Gasteiger partial charge in [-0.3, -0.25) is 44.4 Å². The second kappa shape index (κ2) is 22.4. The SMILES string of the molecule is CCCCCCN(C(=O)c1ccc[n+](CC(=O)Nc2c(C)ccc(S(=O)(=O)Nc3ccc(NNC(=O)C(=O)NCCCN4CCOCC4)cc3)c2C)c1)c1ccc(C(N)=O)nc1. The number of pyridine rings is 2. The van der Waals surface area contributed by atoms with Gasteiger partial charge < -0.3 is 26.0 Å². The molecule has 1 fully saturated rings. The summed E-state index contributed by atoms with van der Waals surface area (Å²) in [5.74, 6) is -3.10. The van der Waals surface area contributed by atoms with E-state index in [1.807, 2.05) is 0 Å². The maximum absolute atomic E-state index is 13.9. The molecule has 0 unspecified atom stereocenters. The van der Waals surface area contributed by atoms with Crippen molar-refractivity contribution in [3.05, 3.63) is 102 Å². The molecule has 0 aliphatic carbocycles. The van der Waals surface area contributed by atoms with Crippen LogP contribution < -0.4 is 41.4 Å². The van der Waals surface area contributed by atoms with Crippen LogP contribution in [0.4, 0.5) is 22.7 Å². The molecule has 18 nitrogen and oxygen atoms in total. The highest BCUT2D eigenvalue weighted by molar-refractivity contribution is 7.92. The molecule has 0 atom stereocenters. The molecule has 1 aliphatic rings. The molecule has 3 heterocycles. The summed E-state index contributed by atoms with van der Waals surface area (Å²) in [7, 11) is -4.14.